The van der Waals surface area contributed by atoms with E-state index in [-0.39, 0.29) is 11.8 Å². The van der Waals surface area contributed by atoms with Crippen LogP contribution in [-0.4, -0.2) is 11.0 Å². The van der Waals surface area contributed by atoms with Crippen molar-refractivity contribution in [3.05, 3.63) is 84.3 Å². The fourth-order valence-corrected chi connectivity index (χ4v) is 2.18. The summed E-state index contributed by atoms with van der Waals surface area (Å²) in [6.07, 6.45) is 1.63. The number of nitrogens with zero attached hydrogens (tertiary/aromatic N) is 1. The SMILES string of the molecule is O=C(Nc1ccccc1)Nc1ccc(NCc2ccc(F)cc2)cn1. The van der Waals surface area contributed by atoms with Gasteiger partial charge in [-0.3, -0.25) is 5.32 Å². The lowest BCUT2D eigenvalue weighted by atomic mass is 10.2. The number of benzene rings is 2. The van der Waals surface area contributed by atoms with Crippen LogP contribution in [0, 0.1) is 5.82 Å². The first-order valence-electron chi connectivity index (χ1n) is 7.76. The van der Waals surface area contributed by atoms with Gasteiger partial charge in [0.25, 0.3) is 0 Å². The Hall–Kier alpha value is -3.41. The van der Waals surface area contributed by atoms with Gasteiger partial charge in [0.2, 0.25) is 0 Å². The lowest BCUT2D eigenvalue weighted by Crippen LogP contribution is -2.19. The van der Waals surface area contributed by atoms with Crippen molar-refractivity contribution in [3.63, 3.8) is 0 Å². The molecule has 0 radical (unpaired) electrons. The van der Waals surface area contributed by atoms with E-state index in [4.69, 9.17) is 0 Å². The molecule has 3 rings (SSSR count). The van der Waals surface area contributed by atoms with Crippen LogP contribution in [-0.2, 0) is 6.54 Å². The number of carbonyl (C=O) groups is 1. The van der Waals surface area contributed by atoms with Crippen LogP contribution in [0.5, 0.6) is 0 Å². The van der Waals surface area contributed by atoms with Gasteiger partial charge in [-0.2, -0.15) is 0 Å². The maximum Gasteiger partial charge on any atom is 0.324 e. The minimum Gasteiger partial charge on any atom is -0.380 e. The average molecular weight is 336 g/mol. The number of rotatable bonds is 5. The molecule has 0 unspecified atom stereocenters. The summed E-state index contributed by atoms with van der Waals surface area (Å²) in [6, 6.07) is 18.6. The van der Waals surface area contributed by atoms with Crippen LogP contribution < -0.4 is 16.0 Å². The Labute approximate surface area is 144 Å². The molecule has 0 spiro atoms. The highest BCUT2D eigenvalue weighted by atomic mass is 19.1. The monoisotopic (exact) mass is 336 g/mol. The van der Waals surface area contributed by atoms with Crippen LogP contribution in [0.15, 0.2) is 72.9 Å². The molecule has 5 nitrogen and oxygen atoms in total. The molecule has 0 saturated heterocycles. The summed E-state index contributed by atoms with van der Waals surface area (Å²) in [5.74, 6) is 0.190. The highest BCUT2D eigenvalue weighted by Crippen LogP contribution is 2.12. The second kappa shape index (κ2) is 7.92. The van der Waals surface area contributed by atoms with Crippen molar-refractivity contribution in [1.29, 1.82) is 0 Å². The van der Waals surface area contributed by atoms with Gasteiger partial charge in [0.05, 0.1) is 11.9 Å². The summed E-state index contributed by atoms with van der Waals surface area (Å²) in [6.45, 7) is 0.559. The first-order valence-corrected chi connectivity index (χ1v) is 7.76. The third kappa shape index (κ3) is 5.04. The predicted molar refractivity (Wildman–Crippen MR) is 97.0 cm³/mol. The number of urea groups is 1. The van der Waals surface area contributed by atoms with Crippen molar-refractivity contribution in [1.82, 2.24) is 4.98 Å². The molecule has 0 saturated carbocycles. The Morgan fingerprint density at radius 1 is 0.880 bits per heavy atom. The number of pyridine rings is 1. The van der Waals surface area contributed by atoms with Gasteiger partial charge in [-0.15, -0.1) is 0 Å². The standard InChI is InChI=1S/C19H17FN4O/c20-15-8-6-14(7-9-15)12-21-17-10-11-18(22-13-17)24-19(25)23-16-4-2-1-3-5-16/h1-11,13,21H,12H2,(H2,22,23,24,25). The van der Waals surface area contributed by atoms with Crippen molar-refractivity contribution < 1.29 is 9.18 Å². The summed E-state index contributed by atoms with van der Waals surface area (Å²) < 4.78 is 12.9. The van der Waals surface area contributed by atoms with Gasteiger partial charge >= 0.3 is 6.03 Å². The zero-order chi connectivity index (χ0) is 17.5. The molecule has 1 heterocycles. The Balaban J connectivity index is 1.51. The van der Waals surface area contributed by atoms with Gasteiger partial charge in [-0.25, -0.2) is 14.2 Å². The Morgan fingerprint density at radius 3 is 2.32 bits per heavy atom. The highest BCUT2D eigenvalue weighted by molar-refractivity contribution is 5.99. The second-order valence-electron chi connectivity index (χ2n) is 5.36. The molecule has 6 heteroatoms. The minimum atomic E-state index is -0.356. The van der Waals surface area contributed by atoms with E-state index >= 15 is 0 Å². The highest BCUT2D eigenvalue weighted by Gasteiger charge is 2.03. The molecule has 1 aromatic heterocycles. The maximum atomic E-state index is 12.9. The molecule has 0 atom stereocenters. The zero-order valence-corrected chi connectivity index (χ0v) is 13.4. The molecular formula is C19H17FN4O. The van der Waals surface area contributed by atoms with Gasteiger partial charge in [0, 0.05) is 12.2 Å². The van der Waals surface area contributed by atoms with E-state index in [1.165, 1.54) is 12.1 Å². The Kier molecular flexibility index (Phi) is 5.21. The Bertz CT molecular complexity index is 820. The van der Waals surface area contributed by atoms with Crippen LogP contribution in [0.2, 0.25) is 0 Å². The topological polar surface area (TPSA) is 66.1 Å². The molecule has 0 aliphatic rings. The molecule has 0 fully saturated rings. The number of para-hydroxylation sites is 1. The number of nitrogens with one attached hydrogen (secondary N) is 3. The number of aromatic nitrogens is 1. The molecule has 25 heavy (non-hydrogen) atoms. The Morgan fingerprint density at radius 2 is 1.64 bits per heavy atom. The fourth-order valence-electron chi connectivity index (χ4n) is 2.18. The van der Waals surface area contributed by atoms with E-state index < -0.39 is 0 Å². The molecule has 3 N–H and O–H groups in total. The predicted octanol–water partition coefficient (Wildman–Crippen LogP) is 4.48. The number of amides is 2. The van der Waals surface area contributed by atoms with E-state index in [1.807, 2.05) is 24.3 Å². The van der Waals surface area contributed by atoms with Gasteiger partial charge in [0.1, 0.15) is 11.6 Å². The fraction of sp³-hybridized carbons (Fsp3) is 0.0526. The van der Waals surface area contributed by atoms with Crippen molar-refractivity contribution in [2.75, 3.05) is 16.0 Å². The lowest BCUT2D eigenvalue weighted by Gasteiger charge is -2.09. The molecule has 0 aliphatic carbocycles. The third-order valence-electron chi connectivity index (χ3n) is 3.45. The quantitative estimate of drug-likeness (QED) is 0.644. The zero-order valence-electron chi connectivity index (χ0n) is 13.4. The van der Waals surface area contributed by atoms with Crippen LogP contribution in [0.1, 0.15) is 5.56 Å². The van der Waals surface area contributed by atoms with Gasteiger partial charge < -0.3 is 10.6 Å². The molecular weight excluding hydrogens is 319 g/mol. The van der Waals surface area contributed by atoms with Gasteiger partial charge in [-0.1, -0.05) is 30.3 Å². The molecule has 2 aromatic carbocycles. The molecule has 0 aliphatic heterocycles. The van der Waals surface area contributed by atoms with Gasteiger partial charge in [-0.05, 0) is 42.0 Å². The molecule has 0 bridgehead atoms. The van der Waals surface area contributed by atoms with E-state index in [1.54, 1.807) is 36.5 Å². The van der Waals surface area contributed by atoms with Crippen LogP contribution in [0.3, 0.4) is 0 Å². The normalized spacial score (nSPS) is 10.1. The van der Waals surface area contributed by atoms with Crippen LogP contribution >= 0.6 is 0 Å². The smallest absolute Gasteiger partial charge is 0.324 e. The number of anilines is 3. The van der Waals surface area contributed by atoms with Crippen molar-refractivity contribution in [2.24, 2.45) is 0 Å². The molecule has 3 aromatic rings. The first-order chi connectivity index (χ1) is 12.2. The number of hydrogen-bond donors (Lipinski definition) is 3. The largest absolute Gasteiger partial charge is 0.380 e. The van der Waals surface area contributed by atoms with Crippen molar-refractivity contribution in [3.8, 4) is 0 Å². The van der Waals surface area contributed by atoms with Crippen molar-refractivity contribution >= 4 is 23.2 Å². The number of hydrogen-bond acceptors (Lipinski definition) is 3. The molecule has 2 amide bonds. The van der Waals surface area contributed by atoms with E-state index in [0.29, 0.717) is 18.1 Å². The third-order valence-corrected chi connectivity index (χ3v) is 3.45. The van der Waals surface area contributed by atoms with E-state index in [0.717, 1.165) is 11.3 Å². The lowest BCUT2D eigenvalue weighted by molar-refractivity contribution is 0.262. The second-order valence-corrected chi connectivity index (χ2v) is 5.36. The summed E-state index contributed by atoms with van der Waals surface area (Å²) in [7, 11) is 0. The number of carbonyl (C=O) groups excluding carboxylic acids is 1. The van der Waals surface area contributed by atoms with E-state index in [9.17, 15) is 9.18 Å². The number of halogens is 1. The first kappa shape index (κ1) is 16.4. The minimum absolute atomic E-state index is 0.255. The van der Waals surface area contributed by atoms with Crippen LogP contribution in [0.4, 0.5) is 26.4 Å². The van der Waals surface area contributed by atoms with Crippen LogP contribution in [0.25, 0.3) is 0 Å². The summed E-state index contributed by atoms with van der Waals surface area (Å²) in [5.41, 5.74) is 2.47. The van der Waals surface area contributed by atoms with E-state index in [2.05, 4.69) is 20.9 Å². The summed E-state index contributed by atoms with van der Waals surface area (Å²) >= 11 is 0. The van der Waals surface area contributed by atoms with Crippen molar-refractivity contribution in [2.45, 2.75) is 6.54 Å². The van der Waals surface area contributed by atoms with Gasteiger partial charge in [0.15, 0.2) is 0 Å². The maximum absolute atomic E-state index is 12.9. The average Bonchev–Trinajstić information content (AvgIpc) is 2.63. The molecule has 126 valence electrons. The summed E-state index contributed by atoms with van der Waals surface area (Å²) in [4.78, 5) is 16.1. The summed E-state index contributed by atoms with van der Waals surface area (Å²) in [5, 5.41) is 8.57.